The number of nitrogens with one attached hydrogen (secondary N) is 2. The molecule has 0 radical (unpaired) electrons. The van der Waals surface area contributed by atoms with Crippen LogP contribution in [0.15, 0.2) is 42.5 Å². The van der Waals surface area contributed by atoms with Gasteiger partial charge in [0.05, 0.1) is 11.0 Å². The van der Waals surface area contributed by atoms with E-state index in [0.717, 1.165) is 23.4 Å². The Bertz CT molecular complexity index is 1090. The molecule has 1 aromatic heterocycles. The van der Waals surface area contributed by atoms with Gasteiger partial charge in [-0.1, -0.05) is 6.92 Å². The quantitative estimate of drug-likeness (QED) is 0.462. The lowest BCUT2D eigenvalue weighted by Crippen LogP contribution is -2.43. The summed E-state index contributed by atoms with van der Waals surface area (Å²) in [5.41, 5.74) is 7.35. The van der Waals surface area contributed by atoms with Crippen molar-refractivity contribution in [1.82, 2.24) is 20.4 Å². The monoisotopic (exact) mass is 408 g/mol. The number of carbonyl (C=O) groups excluding carboxylic acids is 3. The van der Waals surface area contributed by atoms with E-state index < -0.39 is 11.8 Å². The zero-order valence-corrected chi connectivity index (χ0v) is 17.2. The van der Waals surface area contributed by atoms with Crippen LogP contribution in [0.25, 0.3) is 11.0 Å². The van der Waals surface area contributed by atoms with Crippen LogP contribution in [-0.4, -0.2) is 33.8 Å². The van der Waals surface area contributed by atoms with Gasteiger partial charge in [-0.05, 0) is 56.3 Å². The second-order valence-electron chi connectivity index (χ2n) is 6.70. The first-order valence-corrected chi connectivity index (χ1v) is 9.75. The Morgan fingerprint density at radius 1 is 1.00 bits per heavy atom. The molecule has 0 bridgehead atoms. The molecule has 30 heavy (non-hydrogen) atoms. The maximum absolute atomic E-state index is 12.3. The molecular weight excluding hydrogens is 384 g/mol. The molecule has 2 N–H and O–H groups in total. The molecule has 3 rings (SSSR count). The number of amides is 2. The molecule has 156 valence electrons. The molecule has 1 heterocycles. The molecular formula is C22H24N4O4. The number of carbonyl (C=O) groups is 3. The maximum Gasteiger partial charge on any atom is 0.276 e. The highest BCUT2D eigenvalue weighted by molar-refractivity contribution is 5.98. The second-order valence-corrected chi connectivity index (χ2v) is 6.70. The number of nitrogens with zero attached hydrogens (tertiary/aromatic N) is 2. The van der Waals surface area contributed by atoms with E-state index in [9.17, 15) is 14.4 Å². The number of hydrogen-bond donors (Lipinski definition) is 2. The average Bonchev–Trinajstić information content (AvgIpc) is 3.09. The van der Waals surface area contributed by atoms with Gasteiger partial charge in [-0.3, -0.25) is 25.2 Å². The number of benzene rings is 2. The first-order valence-electron chi connectivity index (χ1n) is 9.75. The van der Waals surface area contributed by atoms with Gasteiger partial charge < -0.3 is 9.30 Å². The number of ketones is 1. The van der Waals surface area contributed by atoms with Crippen LogP contribution in [0.4, 0.5) is 0 Å². The van der Waals surface area contributed by atoms with Crippen molar-refractivity contribution in [2.24, 2.45) is 0 Å². The summed E-state index contributed by atoms with van der Waals surface area (Å²) in [6, 6.07) is 11.8. The lowest BCUT2D eigenvalue weighted by Gasteiger charge is -2.09. The number of fused-ring (bicyclic) bond motifs is 1. The van der Waals surface area contributed by atoms with E-state index in [1.54, 1.807) is 43.3 Å². The van der Waals surface area contributed by atoms with Crippen LogP contribution in [0.1, 0.15) is 46.8 Å². The Morgan fingerprint density at radius 2 is 1.70 bits per heavy atom. The van der Waals surface area contributed by atoms with Crippen LogP contribution in [0, 0.1) is 6.92 Å². The van der Waals surface area contributed by atoms with Crippen molar-refractivity contribution in [3.8, 4) is 5.75 Å². The summed E-state index contributed by atoms with van der Waals surface area (Å²) in [6.45, 7) is 6.26. The first-order chi connectivity index (χ1) is 14.4. The fourth-order valence-corrected chi connectivity index (χ4v) is 3.12. The molecule has 2 aromatic carbocycles. The number of ether oxygens (including phenoxy) is 1. The van der Waals surface area contributed by atoms with Crippen molar-refractivity contribution in [3.05, 3.63) is 59.4 Å². The average molecular weight is 408 g/mol. The third-order valence-corrected chi connectivity index (χ3v) is 4.70. The van der Waals surface area contributed by atoms with E-state index in [-0.39, 0.29) is 12.4 Å². The molecule has 0 fully saturated rings. The third-order valence-electron chi connectivity index (χ3n) is 4.70. The molecule has 0 aliphatic carbocycles. The summed E-state index contributed by atoms with van der Waals surface area (Å²) in [7, 11) is 0. The van der Waals surface area contributed by atoms with Gasteiger partial charge in [0, 0.05) is 24.1 Å². The standard InChI is InChI=1S/C22H24N4O4/c1-4-20(27)15-6-9-17(10-7-15)30-13-21(28)24-25-22(29)16-8-11-19-18(12-16)23-14(3)26(19)5-2/h6-12H,4-5,13H2,1-3H3,(H,24,28)(H,25,29). The number of imidazole rings is 1. The topological polar surface area (TPSA) is 102 Å². The lowest BCUT2D eigenvalue weighted by molar-refractivity contribution is -0.123. The van der Waals surface area contributed by atoms with Gasteiger partial charge in [-0.2, -0.15) is 0 Å². The molecule has 0 aliphatic rings. The highest BCUT2D eigenvalue weighted by Gasteiger charge is 2.12. The van der Waals surface area contributed by atoms with Crippen LogP contribution in [-0.2, 0) is 11.3 Å². The highest BCUT2D eigenvalue weighted by atomic mass is 16.5. The van der Waals surface area contributed by atoms with Crippen LogP contribution < -0.4 is 15.6 Å². The van der Waals surface area contributed by atoms with Gasteiger partial charge in [-0.25, -0.2) is 4.98 Å². The highest BCUT2D eigenvalue weighted by Crippen LogP contribution is 2.17. The fourth-order valence-electron chi connectivity index (χ4n) is 3.12. The van der Waals surface area contributed by atoms with E-state index in [4.69, 9.17) is 4.74 Å². The number of hydrogen-bond acceptors (Lipinski definition) is 5. The van der Waals surface area contributed by atoms with Gasteiger partial charge in [0.15, 0.2) is 12.4 Å². The van der Waals surface area contributed by atoms with Crippen molar-refractivity contribution in [2.75, 3.05) is 6.61 Å². The van der Waals surface area contributed by atoms with E-state index in [0.29, 0.717) is 23.3 Å². The molecule has 0 aliphatic heterocycles. The SMILES string of the molecule is CCC(=O)c1ccc(OCC(=O)NNC(=O)c2ccc3c(c2)nc(C)n3CC)cc1. The number of aromatic nitrogens is 2. The predicted molar refractivity (Wildman–Crippen MR) is 112 cm³/mol. The van der Waals surface area contributed by atoms with Crippen molar-refractivity contribution >= 4 is 28.6 Å². The summed E-state index contributed by atoms with van der Waals surface area (Å²) in [5.74, 6) is 0.413. The largest absolute Gasteiger partial charge is 0.484 e. The minimum Gasteiger partial charge on any atom is -0.484 e. The predicted octanol–water partition coefficient (Wildman–Crippen LogP) is 2.80. The Hall–Kier alpha value is -3.68. The third kappa shape index (κ3) is 4.65. The Balaban J connectivity index is 1.52. The summed E-state index contributed by atoms with van der Waals surface area (Å²) in [6.07, 6.45) is 0.426. The maximum atomic E-state index is 12.3. The molecule has 8 heteroatoms. The minimum absolute atomic E-state index is 0.0387. The summed E-state index contributed by atoms with van der Waals surface area (Å²) in [4.78, 5) is 40.4. The van der Waals surface area contributed by atoms with Gasteiger partial charge in [0.2, 0.25) is 0 Å². The summed E-state index contributed by atoms with van der Waals surface area (Å²) < 4.78 is 7.43. The van der Waals surface area contributed by atoms with Gasteiger partial charge in [0.1, 0.15) is 11.6 Å². The van der Waals surface area contributed by atoms with Crippen LogP contribution >= 0.6 is 0 Å². The molecule has 0 spiro atoms. The first kappa shape index (κ1) is 21.0. The van der Waals surface area contributed by atoms with E-state index in [2.05, 4.69) is 20.4 Å². The smallest absolute Gasteiger partial charge is 0.276 e. The van der Waals surface area contributed by atoms with Gasteiger partial charge in [-0.15, -0.1) is 0 Å². The summed E-state index contributed by atoms with van der Waals surface area (Å²) in [5, 5.41) is 0. The number of aryl methyl sites for hydroxylation is 2. The Morgan fingerprint density at radius 3 is 2.37 bits per heavy atom. The van der Waals surface area contributed by atoms with Crippen molar-refractivity contribution in [2.45, 2.75) is 33.7 Å². The van der Waals surface area contributed by atoms with Crippen LogP contribution in [0.2, 0.25) is 0 Å². The number of Topliss-reactive ketones (excluding diaryl/α,β-unsaturated/α-hetero) is 1. The zero-order chi connectivity index (χ0) is 21.7. The number of hydrazine groups is 1. The molecule has 0 unspecified atom stereocenters. The van der Waals surface area contributed by atoms with Gasteiger partial charge in [0.25, 0.3) is 11.8 Å². The van der Waals surface area contributed by atoms with Crippen LogP contribution in [0.3, 0.4) is 0 Å². The molecule has 0 saturated carbocycles. The number of rotatable bonds is 7. The molecule has 3 aromatic rings. The van der Waals surface area contributed by atoms with E-state index in [1.807, 2.05) is 19.9 Å². The minimum atomic E-state index is -0.510. The van der Waals surface area contributed by atoms with E-state index >= 15 is 0 Å². The Labute approximate surface area is 174 Å². The molecule has 8 nitrogen and oxygen atoms in total. The van der Waals surface area contributed by atoms with Gasteiger partial charge >= 0.3 is 0 Å². The second kappa shape index (κ2) is 9.21. The van der Waals surface area contributed by atoms with Crippen molar-refractivity contribution < 1.29 is 19.1 Å². The summed E-state index contributed by atoms with van der Waals surface area (Å²) >= 11 is 0. The van der Waals surface area contributed by atoms with E-state index in [1.165, 1.54) is 0 Å². The molecule has 0 atom stereocenters. The zero-order valence-electron chi connectivity index (χ0n) is 17.2. The fraction of sp³-hybridized carbons (Fsp3) is 0.273. The lowest BCUT2D eigenvalue weighted by atomic mass is 10.1. The van der Waals surface area contributed by atoms with Crippen LogP contribution in [0.5, 0.6) is 5.75 Å². The Kier molecular flexibility index (Phi) is 6.46. The van der Waals surface area contributed by atoms with Crippen molar-refractivity contribution in [3.63, 3.8) is 0 Å². The normalized spacial score (nSPS) is 10.6. The molecule has 2 amide bonds. The van der Waals surface area contributed by atoms with Crippen molar-refractivity contribution in [1.29, 1.82) is 0 Å². The molecule has 0 saturated heterocycles.